The van der Waals surface area contributed by atoms with Crippen LogP contribution in [-0.2, 0) is 4.74 Å². The lowest BCUT2D eigenvalue weighted by Gasteiger charge is -2.40. The highest BCUT2D eigenvalue weighted by Crippen LogP contribution is 2.38. The molecule has 5 rings (SSSR count). The second kappa shape index (κ2) is 10.6. The maximum absolute atomic E-state index is 11.8. The van der Waals surface area contributed by atoms with E-state index in [1.807, 2.05) is 0 Å². The van der Waals surface area contributed by atoms with Crippen molar-refractivity contribution in [3.63, 3.8) is 0 Å². The Morgan fingerprint density at radius 1 is 1.26 bits per heavy atom. The van der Waals surface area contributed by atoms with Gasteiger partial charge in [-0.2, -0.15) is 20.0 Å². The molecule has 1 saturated heterocycles. The number of aromatic nitrogens is 4. The van der Waals surface area contributed by atoms with E-state index >= 15 is 0 Å². The normalized spacial score (nSPS) is 18.9. The summed E-state index contributed by atoms with van der Waals surface area (Å²) in [6, 6.07) is 8.01. The number of nitriles is 2. The zero-order valence-electron chi connectivity index (χ0n) is 21.0. The number of carbonyl (C=O) groups is 1. The van der Waals surface area contributed by atoms with E-state index in [9.17, 15) is 15.3 Å². The van der Waals surface area contributed by atoms with Crippen LogP contribution in [0.5, 0.6) is 0 Å². The summed E-state index contributed by atoms with van der Waals surface area (Å²) in [5.74, 6) is 0.907. The first kappa shape index (κ1) is 25.4. The fraction of sp³-hybridized carbons (Fsp3) is 0.440. The van der Waals surface area contributed by atoms with Gasteiger partial charge < -0.3 is 25.6 Å². The molecule has 12 nitrogen and oxygen atoms in total. The summed E-state index contributed by atoms with van der Waals surface area (Å²) in [4.78, 5) is 22.8. The minimum absolute atomic E-state index is 0.0127. The number of hydrogen-bond acceptors (Lipinski definition) is 10. The fourth-order valence-corrected chi connectivity index (χ4v) is 4.98. The SMILES string of the molecule is CC[C@H]1CN(c2cc(C#N)cc(Nc3nc(NC4CC4)c4ncc(C#N)n4n3)c2Cl)CC[C@@H]1NC(=O)OC. The Balaban J connectivity index is 1.46. The molecular formula is C25H27ClN10O2. The maximum Gasteiger partial charge on any atom is 0.407 e. The number of halogens is 1. The quantitative estimate of drug-likeness (QED) is 0.407. The summed E-state index contributed by atoms with van der Waals surface area (Å²) >= 11 is 6.90. The molecule has 196 valence electrons. The number of piperidine rings is 1. The number of nitrogens with one attached hydrogen (secondary N) is 3. The van der Waals surface area contributed by atoms with Crippen molar-refractivity contribution >= 4 is 46.5 Å². The molecule has 3 N–H and O–H groups in total. The summed E-state index contributed by atoms with van der Waals surface area (Å²) < 4.78 is 6.22. The van der Waals surface area contributed by atoms with Gasteiger partial charge in [-0.15, -0.1) is 5.10 Å². The van der Waals surface area contributed by atoms with Crippen molar-refractivity contribution in [2.75, 3.05) is 35.7 Å². The number of hydrogen-bond donors (Lipinski definition) is 3. The zero-order valence-corrected chi connectivity index (χ0v) is 21.8. The van der Waals surface area contributed by atoms with Crippen molar-refractivity contribution in [2.24, 2.45) is 5.92 Å². The molecule has 0 radical (unpaired) electrons. The lowest BCUT2D eigenvalue weighted by atomic mass is 9.89. The molecule has 3 heterocycles. The van der Waals surface area contributed by atoms with Crippen LogP contribution in [-0.4, -0.2) is 58.0 Å². The molecule has 1 aliphatic carbocycles. The van der Waals surface area contributed by atoms with Crippen LogP contribution in [0.1, 0.15) is 43.9 Å². The van der Waals surface area contributed by atoms with Gasteiger partial charge in [-0.1, -0.05) is 18.5 Å². The minimum Gasteiger partial charge on any atom is -0.453 e. The number of benzene rings is 1. The number of carbonyl (C=O) groups excluding carboxylic acids is 1. The van der Waals surface area contributed by atoms with E-state index < -0.39 is 6.09 Å². The fourth-order valence-electron chi connectivity index (χ4n) is 4.71. The second-order valence-electron chi connectivity index (χ2n) is 9.43. The number of amides is 1. The number of nitrogens with zero attached hydrogens (tertiary/aromatic N) is 7. The number of imidazole rings is 1. The smallest absolute Gasteiger partial charge is 0.407 e. The molecule has 13 heteroatoms. The van der Waals surface area contributed by atoms with Crippen LogP contribution in [0.2, 0.25) is 5.02 Å². The van der Waals surface area contributed by atoms with Crippen molar-refractivity contribution in [1.82, 2.24) is 24.9 Å². The Kier molecular flexibility index (Phi) is 7.07. The van der Waals surface area contributed by atoms with E-state index in [1.54, 1.807) is 12.1 Å². The van der Waals surface area contributed by atoms with Gasteiger partial charge in [-0.25, -0.2) is 9.78 Å². The number of methoxy groups -OCH3 is 1. The zero-order chi connectivity index (χ0) is 26.8. The molecule has 1 aliphatic heterocycles. The third-order valence-electron chi connectivity index (χ3n) is 6.91. The number of fused-ring (bicyclic) bond motifs is 1. The van der Waals surface area contributed by atoms with Gasteiger partial charge in [-0.05, 0) is 43.7 Å². The molecular weight excluding hydrogens is 508 g/mol. The minimum atomic E-state index is -0.442. The lowest BCUT2D eigenvalue weighted by Crippen LogP contribution is -2.51. The molecule has 3 aromatic rings. The largest absolute Gasteiger partial charge is 0.453 e. The van der Waals surface area contributed by atoms with Crippen molar-refractivity contribution in [1.29, 1.82) is 10.5 Å². The first-order valence-electron chi connectivity index (χ1n) is 12.5. The molecule has 0 spiro atoms. The molecule has 2 aliphatic rings. The van der Waals surface area contributed by atoms with Crippen molar-refractivity contribution in [3.8, 4) is 12.1 Å². The van der Waals surface area contributed by atoms with Gasteiger partial charge in [-0.3, -0.25) is 0 Å². The number of anilines is 4. The summed E-state index contributed by atoms with van der Waals surface area (Å²) in [6.07, 6.45) is 4.64. The number of ether oxygens (including phenoxy) is 1. The standard InChI is InChI=1S/C25H27ClN10O2/c1-3-15-13-35(7-6-18(15)32-25(37)38-2)20-9-14(10-27)8-19(21(20)26)31-24-33-22(30-16-4-5-16)23-29-12-17(11-28)36(23)34-24/h8-9,12,15-16,18H,3-7,13H2,1-2H3,(H,32,37)(H2,30,31,33,34)/t15-,18-/m0/s1. The average molecular weight is 535 g/mol. The van der Waals surface area contributed by atoms with Gasteiger partial charge in [0.25, 0.3) is 0 Å². The van der Waals surface area contributed by atoms with Gasteiger partial charge in [0.1, 0.15) is 6.07 Å². The molecule has 2 aromatic heterocycles. The first-order chi connectivity index (χ1) is 18.4. The highest BCUT2D eigenvalue weighted by molar-refractivity contribution is 6.36. The van der Waals surface area contributed by atoms with Crippen molar-refractivity contribution < 1.29 is 9.53 Å². The Bertz CT molecular complexity index is 1460. The Hall–Kier alpha value is -4.29. The van der Waals surface area contributed by atoms with Crippen LogP contribution >= 0.6 is 11.6 Å². The topological polar surface area (TPSA) is 156 Å². The summed E-state index contributed by atoms with van der Waals surface area (Å²) in [5, 5.41) is 33.6. The Labute approximate surface area is 224 Å². The van der Waals surface area contributed by atoms with Gasteiger partial charge in [0.05, 0.1) is 41.3 Å². The van der Waals surface area contributed by atoms with Gasteiger partial charge in [0.15, 0.2) is 17.2 Å². The molecule has 1 aromatic carbocycles. The molecule has 1 saturated carbocycles. The molecule has 2 fully saturated rings. The Morgan fingerprint density at radius 3 is 2.76 bits per heavy atom. The monoisotopic (exact) mass is 534 g/mol. The van der Waals surface area contributed by atoms with Gasteiger partial charge in [0, 0.05) is 25.2 Å². The predicted molar refractivity (Wildman–Crippen MR) is 142 cm³/mol. The summed E-state index contributed by atoms with van der Waals surface area (Å²) in [6.45, 7) is 3.36. The molecule has 0 unspecified atom stereocenters. The van der Waals surface area contributed by atoms with Crippen LogP contribution in [0.25, 0.3) is 5.65 Å². The molecule has 1 amide bonds. The van der Waals surface area contributed by atoms with Crippen LogP contribution < -0.4 is 20.9 Å². The third-order valence-corrected chi connectivity index (χ3v) is 7.31. The summed E-state index contributed by atoms with van der Waals surface area (Å²) in [7, 11) is 1.35. The molecule has 38 heavy (non-hydrogen) atoms. The van der Waals surface area contributed by atoms with Gasteiger partial charge >= 0.3 is 6.09 Å². The van der Waals surface area contributed by atoms with Crippen LogP contribution in [0, 0.1) is 28.6 Å². The third kappa shape index (κ3) is 5.08. The van der Waals surface area contributed by atoms with Crippen molar-refractivity contribution in [2.45, 2.75) is 44.7 Å². The van der Waals surface area contributed by atoms with E-state index in [0.717, 1.165) is 19.3 Å². The van der Waals surface area contributed by atoms with E-state index in [-0.39, 0.29) is 23.6 Å². The maximum atomic E-state index is 11.8. The van der Waals surface area contributed by atoms with Gasteiger partial charge in [0.2, 0.25) is 5.95 Å². The van der Waals surface area contributed by atoms with Crippen molar-refractivity contribution in [3.05, 3.63) is 34.6 Å². The van der Waals surface area contributed by atoms with E-state index in [1.165, 1.54) is 17.8 Å². The van der Waals surface area contributed by atoms with Crippen LogP contribution in [0.15, 0.2) is 18.3 Å². The Morgan fingerprint density at radius 2 is 2.08 bits per heavy atom. The lowest BCUT2D eigenvalue weighted by molar-refractivity contribution is 0.158. The van der Waals surface area contributed by atoms with E-state index in [4.69, 9.17) is 16.3 Å². The predicted octanol–water partition coefficient (Wildman–Crippen LogP) is 3.80. The highest BCUT2D eigenvalue weighted by Gasteiger charge is 2.31. The molecule has 0 bridgehead atoms. The number of rotatable bonds is 7. The van der Waals surface area contributed by atoms with E-state index in [0.29, 0.717) is 59.0 Å². The number of alkyl carbamates (subject to hydrolysis) is 1. The molecule has 2 atom stereocenters. The van der Waals surface area contributed by atoms with Crippen LogP contribution in [0.4, 0.5) is 27.9 Å². The summed E-state index contributed by atoms with van der Waals surface area (Å²) in [5.41, 5.74) is 2.34. The van der Waals surface area contributed by atoms with E-state index in [2.05, 4.69) is 55.0 Å². The first-order valence-corrected chi connectivity index (χ1v) is 12.8. The van der Waals surface area contributed by atoms with Crippen LogP contribution in [0.3, 0.4) is 0 Å². The second-order valence-corrected chi connectivity index (χ2v) is 9.81. The highest BCUT2D eigenvalue weighted by atomic mass is 35.5. The average Bonchev–Trinajstić information content (AvgIpc) is 3.65.